The number of phenolic OH excluding ortho intramolecular Hbond substituents is 1. The molecule has 0 radical (unpaired) electrons. The zero-order valence-electron chi connectivity index (χ0n) is 12.4. The molecule has 0 atom stereocenters. The minimum atomic E-state index is -0.0826. The van der Waals surface area contributed by atoms with Crippen LogP contribution in [0.5, 0.6) is 5.75 Å². The molecule has 22 heavy (non-hydrogen) atoms. The minimum Gasteiger partial charge on any atom is -0.507 e. The van der Waals surface area contributed by atoms with Gasteiger partial charge in [-0.1, -0.05) is 12.1 Å². The average Bonchev–Trinajstić information content (AvgIpc) is 2.79. The fourth-order valence-corrected chi connectivity index (χ4v) is 1.86. The van der Waals surface area contributed by atoms with Gasteiger partial charge in [0.05, 0.1) is 19.1 Å². The number of aromatic nitrogens is 3. The maximum Gasteiger partial charge on any atom is 0.161 e. The van der Waals surface area contributed by atoms with Gasteiger partial charge in [-0.25, -0.2) is 4.68 Å². The third-order valence-corrected chi connectivity index (χ3v) is 2.83. The van der Waals surface area contributed by atoms with Crippen LogP contribution in [0.4, 0.5) is 0 Å². The molecule has 0 bridgehead atoms. The molecular weight excluding hydrogens is 284 g/mol. The monoisotopic (exact) mass is 300 g/mol. The number of benzene rings is 1. The first-order valence-electron chi connectivity index (χ1n) is 6.71. The molecule has 2 aromatic rings. The molecule has 1 aromatic carbocycles. The number of para-hydroxylation sites is 1. The van der Waals surface area contributed by atoms with E-state index < -0.39 is 0 Å². The lowest BCUT2D eigenvalue weighted by atomic mass is 10.2. The Morgan fingerprint density at radius 2 is 1.68 bits per heavy atom. The van der Waals surface area contributed by atoms with Gasteiger partial charge in [-0.15, -0.1) is 10.2 Å². The number of nitrogens with zero attached hydrogens (tertiary/aromatic N) is 4. The number of ketones is 2. The molecule has 0 unspecified atom stereocenters. The van der Waals surface area contributed by atoms with E-state index in [1.807, 2.05) is 0 Å². The molecule has 7 nitrogen and oxygen atoms in total. The molecule has 7 heteroatoms. The number of hydrogen-bond acceptors (Lipinski definition) is 6. The predicted octanol–water partition coefficient (Wildman–Crippen LogP) is 1.13. The van der Waals surface area contributed by atoms with Gasteiger partial charge in [0, 0.05) is 5.56 Å². The Balaban J connectivity index is 2.38. The Hall–Kier alpha value is -2.83. The molecule has 1 aromatic heterocycles. The van der Waals surface area contributed by atoms with Gasteiger partial charge in [0.25, 0.3) is 0 Å². The van der Waals surface area contributed by atoms with Crippen LogP contribution in [-0.2, 0) is 22.4 Å². The summed E-state index contributed by atoms with van der Waals surface area (Å²) in [5, 5.41) is 21.7. The van der Waals surface area contributed by atoms with Crippen LogP contribution in [-0.4, -0.2) is 37.8 Å². The molecule has 0 fully saturated rings. The van der Waals surface area contributed by atoms with Crippen molar-refractivity contribution in [1.82, 2.24) is 14.9 Å². The molecule has 1 heterocycles. The maximum atomic E-state index is 11.3. The Labute approximate surface area is 127 Å². The summed E-state index contributed by atoms with van der Waals surface area (Å²) in [7, 11) is 0. The van der Waals surface area contributed by atoms with Crippen molar-refractivity contribution in [2.24, 2.45) is 5.10 Å². The Kier molecular flexibility index (Phi) is 4.77. The molecule has 0 saturated heterocycles. The van der Waals surface area contributed by atoms with Crippen LogP contribution in [0.3, 0.4) is 0 Å². The molecule has 0 spiro atoms. The highest BCUT2D eigenvalue weighted by Gasteiger charge is 2.14. The van der Waals surface area contributed by atoms with Gasteiger partial charge in [0.2, 0.25) is 0 Å². The van der Waals surface area contributed by atoms with Gasteiger partial charge in [0.1, 0.15) is 17.3 Å². The van der Waals surface area contributed by atoms with E-state index in [-0.39, 0.29) is 30.2 Å². The van der Waals surface area contributed by atoms with Crippen molar-refractivity contribution in [3.8, 4) is 5.75 Å². The summed E-state index contributed by atoms with van der Waals surface area (Å²) >= 11 is 0. The second-order valence-electron chi connectivity index (χ2n) is 4.91. The zero-order valence-corrected chi connectivity index (χ0v) is 12.4. The van der Waals surface area contributed by atoms with Gasteiger partial charge in [0.15, 0.2) is 11.6 Å². The summed E-state index contributed by atoms with van der Waals surface area (Å²) in [5.74, 6) is 0.632. The normalized spacial score (nSPS) is 11.0. The molecule has 0 saturated carbocycles. The van der Waals surface area contributed by atoms with Gasteiger partial charge < -0.3 is 5.11 Å². The van der Waals surface area contributed by atoms with E-state index in [2.05, 4.69) is 15.3 Å². The van der Waals surface area contributed by atoms with Gasteiger partial charge >= 0.3 is 0 Å². The predicted molar refractivity (Wildman–Crippen MR) is 79.9 cm³/mol. The number of phenols is 1. The van der Waals surface area contributed by atoms with Crippen molar-refractivity contribution >= 4 is 17.8 Å². The van der Waals surface area contributed by atoms with Crippen molar-refractivity contribution < 1.29 is 14.7 Å². The summed E-state index contributed by atoms with van der Waals surface area (Å²) < 4.78 is 1.37. The minimum absolute atomic E-state index is 0.0724. The molecule has 0 aliphatic carbocycles. The van der Waals surface area contributed by atoms with Gasteiger partial charge in [-0.05, 0) is 26.0 Å². The summed E-state index contributed by atoms with van der Waals surface area (Å²) in [4.78, 5) is 22.6. The maximum absolute atomic E-state index is 11.3. The van der Waals surface area contributed by atoms with E-state index in [4.69, 9.17) is 0 Å². The molecule has 1 N–H and O–H groups in total. The van der Waals surface area contributed by atoms with Crippen molar-refractivity contribution in [3.05, 3.63) is 41.5 Å². The Morgan fingerprint density at radius 3 is 2.18 bits per heavy atom. The molecule has 0 amide bonds. The molecule has 0 aliphatic rings. The number of rotatable bonds is 6. The van der Waals surface area contributed by atoms with E-state index in [1.54, 1.807) is 24.3 Å². The van der Waals surface area contributed by atoms with Crippen LogP contribution in [0.25, 0.3) is 0 Å². The highest BCUT2D eigenvalue weighted by atomic mass is 16.3. The van der Waals surface area contributed by atoms with E-state index in [1.165, 1.54) is 24.7 Å². The lowest BCUT2D eigenvalue weighted by Gasteiger charge is -2.03. The first-order valence-corrected chi connectivity index (χ1v) is 6.71. The lowest BCUT2D eigenvalue weighted by molar-refractivity contribution is -0.117. The van der Waals surface area contributed by atoms with Gasteiger partial charge in [-0.2, -0.15) is 5.10 Å². The van der Waals surface area contributed by atoms with Crippen molar-refractivity contribution in [2.75, 3.05) is 0 Å². The lowest BCUT2D eigenvalue weighted by Crippen LogP contribution is -2.09. The average molecular weight is 300 g/mol. The Morgan fingerprint density at radius 1 is 1.14 bits per heavy atom. The van der Waals surface area contributed by atoms with Crippen LogP contribution in [0.15, 0.2) is 29.4 Å². The first kappa shape index (κ1) is 15.6. The Bertz CT molecular complexity index is 701. The van der Waals surface area contributed by atoms with Crippen LogP contribution in [0.2, 0.25) is 0 Å². The van der Waals surface area contributed by atoms with Crippen molar-refractivity contribution in [3.63, 3.8) is 0 Å². The summed E-state index contributed by atoms with van der Waals surface area (Å²) in [6.07, 6.45) is 1.58. The largest absolute Gasteiger partial charge is 0.507 e. The topological polar surface area (TPSA) is 97.4 Å². The van der Waals surface area contributed by atoms with Gasteiger partial charge in [-0.3, -0.25) is 9.59 Å². The third-order valence-electron chi connectivity index (χ3n) is 2.83. The van der Waals surface area contributed by atoms with E-state index in [0.29, 0.717) is 17.2 Å². The highest BCUT2D eigenvalue weighted by molar-refractivity contribution is 5.83. The fourth-order valence-electron chi connectivity index (χ4n) is 1.86. The molecule has 2 rings (SSSR count). The molecule has 0 aliphatic heterocycles. The van der Waals surface area contributed by atoms with Crippen LogP contribution < -0.4 is 0 Å². The number of aromatic hydroxyl groups is 1. The summed E-state index contributed by atoms with van der Waals surface area (Å²) in [5.41, 5.74) is 0.513. The fraction of sp³-hybridized carbons (Fsp3) is 0.267. The third kappa shape index (κ3) is 3.85. The standard InChI is InChI=1S/C15H16N4O3/c1-10(20)7-14-17-18-15(8-11(2)21)19(14)16-9-12-5-3-4-6-13(12)22/h3-6,9,22H,7-8H2,1-2H3. The van der Waals surface area contributed by atoms with E-state index in [9.17, 15) is 14.7 Å². The number of carbonyl (C=O) groups is 2. The number of Topliss-reactive ketones (excluding diaryl/α,β-unsaturated/α-hetero) is 2. The number of carbonyl (C=O) groups excluding carboxylic acids is 2. The van der Waals surface area contributed by atoms with Crippen molar-refractivity contribution in [1.29, 1.82) is 0 Å². The molecular formula is C15H16N4O3. The van der Waals surface area contributed by atoms with Crippen LogP contribution in [0, 0.1) is 0 Å². The highest BCUT2D eigenvalue weighted by Crippen LogP contribution is 2.13. The second kappa shape index (κ2) is 6.75. The summed E-state index contributed by atoms with van der Waals surface area (Å²) in [6, 6.07) is 6.70. The van der Waals surface area contributed by atoms with Crippen LogP contribution in [0.1, 0.15) is 31.1 Å². The van der Waals surface area contributed by atoms with Crippen LogP contribution >= 0.6 is 0 Å². The zero-order chi connectivity index (χ0) is 16.1. The second-order valence-corrected chi connectivity index (χ2v) is 4.91. The number of hydrogen-bond donors (Lipinski definition) is 1. The van der Waals surface area contributed by atoms with E-state index in [0.717, 1.165) is 0 Å². The molecule has 114 valence electrons. The van der Waals surface area contributed by atoms with Crippen molar-refractivity contribution in [2.45, 2.75) is 26.7 Å². The first-order chi connectivity index (χ1) is 10.5. The van der Waals surface area contributed by atoms with E-state index >= 15 is 0 Å². The summed E-state index contributed by atoms with van der Waals surface area (Å²) in [6.45, 7) is 2.88. The SMILES string of the molecule is CC(=O)Cc1nnc(CC(C)=O)n1N=Cc1ccccc1O. The quantitative estimate of drug-likeness (QED) is 0.806. The smallest absolute Gasteiger partial charge is 0.161 e.